The second-order valence-electron chi connectivity index (χ2n) is 11.6. The van der Waals surface area contributed by atoms with Gasteiger partial charge in [-0.3, -0.25) is 0 Å². The Kier molecular flexibility index (Phi) is 5.62. The van der Waals surface area contributed by atoms with Gasteiger partial charge in [0.25, 0.3) is 0 Å². The molecule has 0 aliphatic heterocycles. The van der Waals surface area contributed by atoms with Gasteiger partial charge in [-0.15, -0.1) is 0 Å². The predicted octanol–water partition coefficient (Wildman–Crippen LogP) is 10.6. The van der Waals surface area contributed by atoms with E-state index in [4.69, 9.17) is 0 Å². The number of hydrogen-bond acceptors (Lipinski definition) is 0. The van der Waals surface area contributed by atoms with E-state index in [1.54, 1.807) is 22.3 Å². The summed E-state index contributed by atoms with van der Waals surface area (Å²) in [4.78, 5) is 0. The molecular weight excluding hydrogens is 560 g/mol. The molecule has 6 aromatic rings. The van der Waals surface area contributed by atoms with Crippen molar-refractivity contribution in [3.8, 4) is 22.3 Å². The molecule has 8 rings (SSSR count). The molecule has 40 heavy (non-hydrogen) atoms. The van der Waals surface area contributed by atoms with Crippen molar-refractivity contribution in [2.75, 3.05) is 0 Å². The number of rotatable bonds is 3. The van der Waals surface area contributed by atoms with Gasteiger partial charge >= 0.3 is 249 Å². The van der Waals surface area contributed by atoms with Crippen molar-refractivity contribution in [3.05, 3.63) is 148 Å². The Balaban J connectivity index is 1.27. The molecule has 0 N–H and O–H groups in total. The van der Waals surface area contributed by atoms with Gasteiger partial charge in [-0.05, 0) is 0 Å². The molecular formula is C39H30Zr. The van der Waals surface area contributed by atoms with E-state index >= 15 is 0 Å². The van der Waals surface area contributed by atoms with Crippen molar-refractivity contribution in [1.82, 2.24) is 0 Å². The van der Waals surface area contributed by atoms with E-state index in [0.29, 0.717) is 7.25 Å². The van der Waals surface area contributed by atoms with Gasteiger partial charge in [0.2, 0.25) is 0 Å². The number of hydrogen-bond donors (Lipinski definition) is 0. The average Bonchev–Trinajstić information content (AvgIpc) is 3.45. The van der Waals surface area contributed by atoms with Crippen LogP contribution in [0.4, 0.5) is 0 Å². The van der Waals surface area contributed by atoms with Crippen LogP contribution in [0.15, 0.2) is 115 Å². The van der Waals surface area contributed by atoms with Gasteiger partial charge in [0.1, 0.15) is 0 Å². The summed E-state index contributed by atoms with van der Waals surface area (Å²) >= 11 is -0.957. The molecule has 0 amide bonds. The monoisotopic (exact) mass is 588 g/mol. The van der Waals surface area contributed by atoms with Gasteiger partial charge in [0.05, 0.1) is 0 Å². The summed E-state index contributed by atoms with van der Waals surface area (Å²) < 4.78 is 1.16. The third kappa shape index (κ3) is 3.68. The Hall–Kier alpha value is -3.54. The summed E-state index contributed by atoms with van der Waals surface area (Å²) in [5.74, 6) is 0. The first-order valence-corrected chi connectivity index (χ1v) is 17.1. The van der Waals surface area contributed by atoms with E-state index in [1.807, 2.05) is 0 Å². The molecule has 2 aliphatic rings. The minimum atomic E-state index is -0.957. The average molecular weight is 590 g/mol. The molecule has 1 atom stereocenters. The van der Waals surface area contributed by atoms with Crippen LogP contribution in [-0.2, 0) is 23.2 Å². The first-order valence-electron chi connectivity index (χ1n) is 14.3. The first-order chi connectivity index (χ1) is 19.6. The molecule has 0 saturated carbocycles. The van der Waals surface area contributed by atoms with E-state index in [2.05, 4.69) is 136 Å². The zero-order valence-corrected chi connectivity index (χ0v) is 25.6. The van der Waals surface area contributed by atoms with Crippen LogP contribution in [0.2, 0.25) is 0 Å². The molecule has 0 spiro atoms. The zero-order chi connectivity index (χ0) is 27.0. The molecule has 0 nitrogen and oxygen atoms in total. The Morgan fingerprint density at radius 2 is 1.12 bits per heavy atom. The Labute approximate surface area is 248 Å². The van der Waals surface area contributed by atoms with Crippen molar-refractivity contribution in [2.45, 2.75) is 28.0 Å². The van der Waals surface area contributed by atoms with Crippen molar-refractivity contribution >= 4 is 27.6 Å². The molecule has 190 valence electrons. The van der Waals surface area contributed by atoms with Crippen molar-refractivity contribution in [3.63, 3.8) is 0 Å². The topological polar surface area (TPSA) is 0 Å². The van der Waals surface area contributed by atoms with E-state index in [0.717, 1.165) is 0 Å². The Bertz CT molecular complexity index is 1970. The predicted molar refractivity (Wildman–Crippen MR) is 166 cm³/mol. The van der Waals surface area contributed by atoms with Crippen LogP contribution in [0.25, 0.3) is 49.9 Å². The maximum atomic E-state index is 2.52. The molecule has 0 bridgehead atoms. The van der Waals surface area contributed by atoms with E-state index in [9.17, 15) is 0 Å². The quantitative estimate of drug-likeness (QED) is 0.180. The third-order valence-electron chi connectivity index (χ3n) is 9.00. The minimum absolute atomic E-state index is 0.579. The standard InChI is InChI=1S/C24H17.C15H13.Zr/c1-16-13-17-8-6-12-22(23(17)14-16)24-15-18-7-2-3-9-19(18)20-10-4-5-11-21(20)24;1-10-3-5-14-12(7-10)9-13-8-11(2)4-6-15(13)14;/h2-15H,1H3;3-9H,1-2H3;. The van der Waals surface area contributed by atoms with Crippen LogP contribution < -0.4 is 0 Å². The van der Waals surface area contributed by atoms with Gasteiger partial charge in [0.15, 0.2) is 0 Å². The molecule has 0 radical (unpaired) electrons. The van der Waals surface area contributed by atoms with E-state index in [1.165, 1.54) is 60.5 Å². The SMILES string of the molecule is CC1=Cc2c(-c3cc4ccccc4c4ccccc34)cccc2[CH]1[Zr][CH]1c2cc(C)ccc2-c2ccc(C)cc21. The molecule has 2 aliphatic carbocycles. The van der Waals surface area contributed by atoms with Crippen molar-refractivity contribution < 1.29 is 23.2 Å². The summed E-state index contributed by atoms with van der Waals surface area (Å²) in [6.07, 6.45) is 2.52. The fourth-order valence-electron chi connectivity index (χ4n) is 7.13. The van der Waals surface area contributed by atoms with Crippen LogP contribution >= 0.6 is 0 Å². The van der Waals surface area contributed by atoms with Gasteiger partial charge in [-0.1, -0.05) is 0 Å². The number of aryl methyl sites for hydroxylation is 2. The summed E-state index contributed by atoms with van der Waals surface area (Å²) in [5, 5.41) is 5.32. The van der Waals surface area contributed by atoms with Gasteiger partial charge in [-0.25, -0.2) is 0 Å². The third-order valence-corrected chi connectivity index (χ3v) is 14.0. The number of benzene rings is 6. The Morgan fingerprint density at radius 3 is 1.85 bits per heavy atom. The van der Waals surface area contributed by atoms with Crippen LogP contribution in [0.1, 0.15) is 47.6 Å². The fraction of sp³-hybridized carbons (Fsp3) is 0.128. The van der Waals surface area contributed by atoms with Crippen LogP contribution in [-0.4, -0.2) is 0 Å². The molecule has 0 fully saturated rings. The maximum absolute atomic E-state index is 2.52. The second kappa shape index (κ2) is 9.25. The first kappa shape index (κ1) is 24.3. The summed E-state index contributed by atoms with van der Waals surface area (Å²) in [5.41, 5.74) is 16.1. The number of fused-ring (bicyclic) bond motifs is 7. The molecule has 1 heteroatoms. The van der Waals surface area contributed by atoms with Gasteiger partial charge in [0, 0.05) is 0 Å². The normalized spacial score (nSPS) is 15.7. The molecule has 0 saturated heterocycles. The number of allylic oxidation sites excluding steroid dienone is 1. The second-order valence-corrected chi connectivity index (χ2v) is 15.3. The molecule has 0 aromatic heterocycles. The van der Waals surface area contributed by atoms with Crippen molar-refractivity contribution in [1.29, 1.82) is 0 Å². The molecule has 1 unspecified atom stereocenters. The molecule has 0 heterocycles. The van der Waals surface area contributed by atoms with E-state index < -0.39 is 23.2 Å². The van der Waals surface area contributed by atoms with Crippen LogP contribution in [0, 0.1) is 13.8 Å². The van der Waals surface area contributed by atoms with Gasteiger partial charge in [-0.2, -0.15) is 0 Å². The zero-order valence-electron chi connectivity index (χ0n) is 23.1. The molecule has 6 aromatic carbocycles. The van der Waals surface area contributed by atoms with E-state index in [-0.39, 0.29) is 0 Å². The van der Waals surface area contributed by atoms with Gasteiger partial charge < -0.3 is 0 Å². The van der Waals surface area contributed by atoms with Crippen LogP contribution in [0.5, 0.6) is 0 Å². The summed E-state index contributed by atoms with van der Waals surface area (Å²) in [6, 6.07) is 41.5. The van der Waals surface area contributed by atoms with Crippen molar-refractivity contribution in [2.24, 2.45) is 0 Å². The summed E-state index contributed by atoms with van der Waals surface area (Å²) in [6.45, 7) is 6.87. The van der Waals surface area contributed by atoms with Crippen LogP contribution in [0.3, 0.4) is 0 Å². The summed E-state index contributed by atoms with van der Waals surface area (Å²) in [7, 11) is 0. The Morgan fingerprint density at radius 1 is 0.475 bits per heavy atom. The fourth-order valence-corrected chi connectivity index (χ4v) is 11.9.